The minimum atomic E-state index is -0.321. The molecule has 3 N–H and O–H groups in total. The topological polar surface area (TPSA) is 83.4 Å². The average molecular weight is 347 g/mol. The lowest BCUT2D eigenvalue weighted by atomic mass is 9.95. The summed E-state index contributed by atoms with van der Waals surface area (Å²) in [5.41, 5.74) is 0.851. The number of furan rings is 1. The standard InChI is InChI=1S/C17H21N3O3S/c1-10-5-6-18-9-12(10)19-17(22)15-11(2)8-14(24-15)20-16(21)13-4-3-7-23-13/h3-4,7-8,10,12,18H,5-6,9H2,1-2H3,(H,19,22)(H,20,21). The smallest absolute Gasteiger partial charge is 0.291 e. The van der Waals surface area contributed by atoms with Gasteiger partial charge in [-0.15, -0.1) is 11.3 Å². The Labute approximate surface area is 144 Å². The zero-order valence-corrected chi connectivity index (χ0v) is 14.5. The number of carbonyl (C=O) groups excluding carboxylic acids is 2. The lowest BCUT2D eigenvalue weighted by molar-refractivity contribution is 0.0918. The van der Waals surface area contributed by atoms with Gasteiger partial charge >= 0.3 is 0 Å². The van der Waals surface area contributed by atoms with Crippen LogP contribution in [0, 0.1) is 12.8 Å². The normalized spacial score (nSPS) is 20.6. The molecule has 128 valence electrons. The Morgan fingerprint density at radius 2 is 2.21 bits per heavy atom. The highest BCUT2D eigenvalue weighted by molar-refractivity contribution is 7.18. The van der Waals surface area contributed by atoms with Gasteiger partial charge in [0.1, 0.15) is 0 Å². The molecule has 0 radical (unpaired) electrons. The summed E-state index contributed by atoms with van der Waals surface area (Å²) in [5, 5.41) is 9.80. The van der Waals surface area contributed by atoms with Crippen LogP contribution in [0.5, 0.6) is 0 Å². The van der Waals surface area contributed by atoms with E-state index in [1.54, 1.807) is 12.1 Å². The van der Waals surface area contributed by atoms with Crippen molar-refractivity contribution in [1.82, 2.24) is 10.6 Å². The third kappa shape index (κ3) is 3.68. The Morgan fingerprint density at radius 3 is 2.92 bits per heavy atom. The van der Waals surface area contributed by atoms with Gasteiger partial charge in [-0.05, 0) is 49.6 Å². The van der Waals surface area contributed by atoms with Crippen molar-refractivity contribution in [2.45, 2.75) is 26.3 Å². The minimum Gasteiger partial charge on any atom is -0.459 e. The summed E-state index contributed by atoms with van der Waals surface area (Å²) in [6.45, 7) is 5.81. The first kappa shape index (κ1) is 16.7. The van der Waals surface area contributed by atoms with Gasteiger partial charge in [-0.25, -0.2) is 0 Å². The van der Waals surface area contributed by atoms with Gasteiger partial charge in [-0.1, -0.05) is 6.92 Å². The van der Waals surface area contributed by atoms with Crippen LogP contribution in [0.15, 0.2) is 28.9 Å². The maximum atomic E-state index is 12.5. The van der Waals surface area contributed by atoms with E-state index in [1.165, 1.54) is 17.6 Å². The van der Waals surface area contributed by atoms with Crippen LogP contribution in [-0.4, -0.2) is 30.9 Å². The Morgan fingerprint density at radius 1 is 1.38 bits per heavy atom. The molecule has 2 aromatic heterocycles. The summed E-state index contributed by atoms with van der Waals surface area (Å²) >= 11 is 1.28. The Kier molecular flexibility index (Phi) is 5.01. The highest BCUT2D eigenvalue weighted by atomic mass is 32.1. The SMILES string of the molecule is Cc1cc(NC(=O)c2ccco2)sc1C(=O)NC1CNCCC1C. The zero-order valence-electron chi connectivity index (χ0n) is 13.7. The maximum absolute atomic E-state index is 12.5. The molecule has 1 aliphatic rings. The van der Waals surface area contributed by atoms with E-state index >= 15 is 0 Å². The predicted molar refractivity (Wildman–Crippen MR) is 93.6 cm³/mol. The molecule has 1 saturated heterocycles. The van der Waals surface area contributed by atoms with Crippen LogP contribution in [0.4, 0.5) is 5.00 Å². The lowest BCUT2D eigenvalue weighted by Crippen LogP contribution is -2.50. The molecule has 2 atom stereocenters. The molecule has 24 heavy (non-hydrogen) atoms. The molecule has 0 aromatic carbocycles. The zero-order chi connectivity index (χ0) is 17.1. The van der Waals surface area contributed by atoms with E-state index in [1.807, 2.05) is 13.0 Å². The van der Waals surface area contributed by atoms with Gasteiger partial charge in [-0.3, -0.25) is 9.59 Å². The number of aryl methyl sites for hydroxylation is 1. The Hall–Kier alpha value is -2.12. The number of hydrogen-bond donors (Lipinski definition) is 3. The number of nitrogens with one attached hydrogen (secondary N) is 3. The molecule has 0 aliphatic carbocycles. The monoisotopic (exact) mass is 347 g/mol. The predicted octanol–water partition coefficient (Wildman–Crippen LogP) is 2.63. The van der Waals surface area contributed by atoms with Crippen molar-refractivity contribution in [3.63, 3.8) is 0 Å². The van der Waals surface area contributed by atoms with Crippen molar-refractivity contribution < 1.29 is 14.0 Å². The van der Waals surface area contributed by atoms with Gasteiger partial charge in [-0.2, -0.15) is 0 Å². The van der Waals surface area contributed by atoms with Crippen LogP contribution in [0.2, 0.25) is 0 Å². The fourth-order valence-electron chi connectivity index (χ4n) is 2.77. The third-order valence-electron chi connectivity index (χ3n) is 4.25. The van der Waals surface area contributed by atoms with E-state index in [0.717, 1.165) is 25.1 Å². The summed E-state index contributed by atoms with van der Waals surface area (Å²) in [4.78, 5) is 25.2. The number of hydrogen-bond acceptors (Lipinski definition) is 5. The first-order valence-corrected chi connectivity index (χ1v) is 8.83. The van der Waals surface area contributed by atoms with Gasteiger partial charge in [0.25, 0.3) is 11.8 Å². The van der Waals surface area contributed by atoms with Crippen LogP contribution in [0.1, 0.15) is 39.1 Å². The average Bonchev–Trinajstić information content (AvgIpc) is 3.19. The van der Waals surface area contributed by atoms with Crippen molar-refractivity contribution in [2.24, 2.45) is 5.92 Å². The molecule has 1 aliphatic heterocycles. The van der Waals surface area contributed by atoms with Gasteiger partial charge in [0.2, 0.25) is 0 Å². The van der Waals surface area contributed by atoms with Crippen molar-refractivity contribution in [2.75, 3.05) is 18.4 Å². The molecule has 6 nitrogen and oxygen atoms in total. The first-order chi connectivity index (χ1) is 11.5. The van der Waals surface area contributed by atoms with E-state index in [-0.39, 0.29) is 23.6 Å². The van der Waals surface area contributed by atoms with E-state index < -0.39 is 0 Å². The lowest BCUT2D eigenvalue weighted by Gasteiger charge is -2.30. The van der Waals surface area contributed by atoms with E-state index in [2.05, 4.69) is 22.9 Å². The van der Waals surface area contributed by atoms with Crippen molar-refractivity contribution in [3.05, 3.63) is 40.7 Å². The molecule has 3 heterocycles. The van der Waals surface area contributed by atoms with Crippen LogP contribution in [-0.2, 0) is 0 Å². The molecule has 7 heteroatoms. The maximum Gasteiger partial charge on any atom is 0.291 e. The van der Waals surface area contributed by atoms with Crippen LogP contribution < -0.4 is 16.0 Å². The molecule has 0 spiro atoms. The number of thiophene rings is 1. The quantitative estimate of drug-likeness (QED) is 0.794. The fraction of sp³-hybridized carbons (Fsp3) is 0.412. The third-order valence-corrected chi connectivity index (χ3v) is 5.40. The summed E-state index contributed by atoms with van der Waals surface area (Å²) in [6, 6.07) is 5.20. The second-order valence-electron chi connectivity index (χ2n) is 6.10. The molecule has 2 aromatic rings. The van der Waals surface area contributed by atoms with Crippen molar-refractivity contribution in [3.8, 4) is 0 Å². The first-order valence-electron chi connectivity index (χ1n) is 8.01. The Balaban J connectivity index is 1.67. The summed E-state index contributed by atoms with van der Waals surface area (Å²) in [7, 11) is 0. The number of carbonyl (C=O) groups is 2. The second-order valence-corrected chi connectivity index (χ2v) is 7.16. The molecular formula is C17H21N3O3S. The molecule has 3 rings (SSSR count). The van der Waals surface area contributed by atoms with E-state index in [9.17, 15) is 9.59 Å². The van der Waals surface area contributed by atoms with Crippen LogP contribution >= 0.6 is 11.3 Å². The van der Waals surface area contributed by atoms with Crippen molar-refractivity contribution in [1.29, 1.82) is 0 Å². The highest BCUT2D eigenvalue weighted by Crippen LogP contribution is 2.27. The van der Waals surface area contributed by atoms with Crippen LogP contribution in [0.3, 0.4) is 0 Å². The minimum absolute atomic E-state index is 0.0865. The molecular weight excluding hydrogens is 326 g/mol. The highest BCUT2D eigenvalue weighted by Gasteiger charge is 2.24. The number of amides is 2. The Bertz CT molecular complexity index is 724. The summed E-state index contributed by atoms with van der Waals surface area (Å²) in [5.74, 6) is 0.289. The fourth-order valence-corrected chi connectivity index (χ4v) is 3.74. The summed E-state index contributed by atoms with van der Waals surface area (Å²) in [6.07, 6.45) is 2.51. The number of anilines is 1. The largest absolute Gasteiger partial charge is 0.459 e. The van der Waals surface area contributed by atoms with Gasteiger partial charge in [0, 0.05) is 12.6 Å². The molecule has 2 amide bonds. The van der Waals surface area contributed by atoms with Crippen molar-refractivity contribution >= 4 is 28.2 Å². The number of rotatable bonds is 4. The summed E-state index contributed by atoms with van der Waals surface area (Å²) < 4.78 is 5.07. The molecule has 0 saturated carbocycles. The van der Waals surface area contributed by atoms with Gasteiger partial charge < -0.3 is 20.4 Å². The molecule has 0 bridgehead atoms. The number of piperidine rings is 1. The van der Waals surface area contributed by atoms with E-state index in [0.29, 0.717) is 15.8 Å². The molecule has 1 fully saturated rings. The van der Waals surface area contributed by atoms with Crippen LogP contribution in [0.25, 0.3) is 0 Å². The second kappa shape index (κ2) is 7.19. The van der Waals surface area contributed by atoms with Gasteiger partial charge in [0.05, 0.1) is 16.1 Å². The van der Waals surface area contributed by atoms with Gasteiger partial charge in [0.15, 0.2) is 5.76 Å². The van der Waals surface area contributed by atoms with E-state index in [4.69, 9.17) is 4.42 Å². The molecule has 2 unspecified atom stereocenters.